The topological polar surface area (TPSA) is 61.9 Å². The minimum atomic E-state index is -0.185. The molecule has 2 heterocycles. The van der Waals surface area contributed by atoms with Crippen molar-refractivity contribution >= 4 is 11.8 Å². The molecule has 2 fully saturated rings. The van der Waals surface area contributed by atoms with Crippen molar-refractivity contribution < 1.29 is 14.3 Å². The third-order valence-corrected chi connectivity index (χ3v) is 4.06. The number of rotatable bonds is 5. The van der Waals surface area contributed by atoms with Crippen LogP contribution >= 0.6 is 0 Å². The fourth-order valence-electron chi connectivity index (χ4n) is 2.79. The van der Waals surface area contributed by atoms with Crippen LogP contribution in [0.1, 0.15) is 12.8 Å². The Hall–Kier alpha value is -1.14. The van der Waals surface area contributed by atoms with Crippen molar-refractivity contribution in [2.75, 3.05) is 46.9 Å². The molecule has 0 saturated carbocycles. The highest BCUT2D eigenvalue weighted by Gasteiger charge is 2.37. The summed E-state index contributed by atoms with van der Waals surface area (Å²) in [6.07, 6.45) is 1.34. The summed E-state index contributed by atoms with van der Waals surface area (Å²) in [6.45, 7) is 3.45. The third-order valence-electron chi connectivity index (χ3n) is 4.06. The number of likely N-dealkylation sites (N-methyl/N-ethyl adjacent to an activating group) is 1. The molecule has 0 aromatic rings. The van der Waals surface area contributed by atoms with Gasteiger partial charge in [0, 0.05) is 46.3 Å². The highest BCUT2D eigenvalue weighted by molar-refractivity contribution is 5.89. The Morgan fingerprint density at radius 2 is 2.37 bits per heavy atom. The van der Waals surface area contributed by atoms with Crippen molar-refractivity contribution in [3.05, 3.63) is 0 Å². The molecule has 0 bridgehead atoms. The van der Waals surface area contributed by atoms with E-state index in [4.69, 9.17) is 4.74 Å². The molecule has 2 aliphatic heterocycles. The van der Waals surface area contributed by atoms with Crippen LogP contribution in [-0.4, -0.2) is 74.6 Å². The summed E-state index contributed by atoms with van der Waals surface area (Å²) in [5.74, 6) is -0.0229. The molecule has 1 N–H and O–H groups in total. The van der Waals surface area contributed by atoms with Gasteiger partial charge in [0.15, 0.2) is 0 Å². The van der Waals surface area contributed by atoms with E-state index in [0.717, 1.165) is 19.5 Å². The fourth-order valence-corrected chi connectivity index (χ4v) is 2.79. The summed E-state index contributed by atoms with van der Waals surface area (Å²) in [5.41, 5.74) is 0. The first-order valence-electron chi connectivity index (χ1n) is 6.87. The van der Waals surface area contributed by atoms with Crippen LogP contribution in [0.25, 0.3) is 0 Å². The maximum Gasteiger partial charge on any atom is 0.228 e. The first kappa shape index (κ1) is 14.3. The molecule has 2 rings (SSSR count). The van der Waals surface area contributed by atoms with Crippen LogP contribution in [-0.2, 0) is 14.3 Å². The molecule has 2 atom stereocenters. The first-order valence-corrected chi connectivity index (χ1v) is 6.87. The van der Waals surface area contributed by atoms with Gasteiger partial charge in [0.1, 0.15) is 0 Å². The van der Waals surface area contributed by atoms with Gasteiger partial charge in [-0.05, 0) is 13.0 Å². The fraction of sp³-hybridized carbons (Fsp3) is 0.846. The van der Waals surface area contributed by atoms with Crippen LogP contribution in [0, 0.1) is 5.92 Å². The molecule has 0 spiro atoms. The number of hydrogen-bond acceptors (Lipinski definition) is 4. The molecule has 0 aromatic heterocycles. The molecular weight excluding hydrogens is 246 g/mol. The van der Waals surface area contributed by atoms with Crippen molar-refractivity contribution in [2.24, 2.45) is 5.92 Å². The van der Waals surface area contributed by atoms with Crippen LogP contribution in [0.5, 0.6) is 0 Å². The Bertz CT molecular complexity index is 342. The van der Waals surface area contributed by atoms with Gasteiger partial charge < -0.3 is 19.9 Å². The van der Waals surface area contributed by atoms with Gasteiger partial charge in [-0.1, -0.05) is 0 Å². The lowest BCUT2D eigenvalue weighted by molar-refractivity contribution is -0.136. The lowest BCUT2D eigenvalue weighted by atomic mass is 10.1. The second-order valence-electron chi connectivity index (χ2n) is 5.33. The average Bonchev–Trinajstić information content (AvgIpc) is 3.04. The number of carbonyl (C=O) groups excluding carboxylic acids is 2. The Labute approximate surface area is 114 Å². The van der Waals surface area contributed by atoms with Gasteiger partial charge in [0.2, 0.25) is 11.8 Å². The lowest BCUT2D eigenvalue weighted by Gasteiger charge is -2.26. The van der Waals surface area contributed by atoms with Gasteiger partial charge in [0.25, 0.3) is 0 Å². The van der Waals surface area contributed by atoms with Gasteiger partial charge in [-0.2, -0.15) is 0 Å². The summed E-state index contributed by atoms with van der Waals surface area (Å²) < 4.78 is 4.98. The lowest BCUT2D eigenvalue weighted by Crippen LogP contribution is -2.42. The summed E-state index contributed by atoms with van der Waals surface area (Å²) in [4.78, 5) is 27.8. The van der Waals surface area contributed by atoms with Crippen molar-refractivity contribution in [2.45, 2.75) is 18.9 Å². The van der Waals surface area contributed by atoms with Crippen molar-refractivity contribution in [3.63, 3.8) is 0 Å². The Morgan fingerprint density at radius 1 is 1.58 bits per heavy atom. The van der Waals surface area contributed by atoms with Crippen LogP contribution in [0.3, 0.4) is 0 Å². The highest BCUT2D eigenvalue weighted by atomic mass is 16.5. The minimum Gasteiger partial charge on any atom is -0.383 e. The van der Waals surface area contributed by atoms with E-state index in [1.807, 2.05) is 11.9 Å². The molecular formula is C13H23N3O3. The second kappa shape index (κ2) is 6.34. The van der Waals surface area contributed by atoms with E-state index in [0.29, 0.717) is 26.1 Å². The molecule has 6 heteroatoms. The molecule has 0 aliphatic carbocycles. The number of nitrogens with zero attached hydrogens (tertiary/aromatic N) is 2. The zero-order chi connectivity index (χ0) is 13.8. The smallest absolute Gasteiger partial charge is 0.228 e. The SMILES string of the molecule is COCCN1CC(C(=O)N(C)C2CCNC2)CC1=O. The average molecular weight is 269 g/mol. The van der Waals surface area contributed by atoms with E-state index in [9.17, 15) is 9.59 Å². The quantitative estimate of drug-likeness (QED) is 0.717. The van der Waals surface area contributed by atoms with Crippen LogP contribution in [0.15, 0.2) is 0 Å². The Balaban J connectivity index is 1.88. The molecule has 0 aromatic carbocycles. The second-order valence-corrected chi connectivity index (χ2v) is 5.33. The number of methoxy groups -OCH3 is 1. The van der Waals surface area contributed by atoms with E-state index >= 15 is 0 Å². The van der Waals surface area contributed by atoms with Gasteiger partial charge in [-0.15, -0.1) is 0 Å². The molecule has 6 nitrogen and oxygen atoms in total. The molecule has 2 amide bonds. The van der Waals surface area contributed by atoms with E-state index < -0.39 is 0 Å². The zero-order valence-corrected chi connectivity index (χ0v) is 11.7. The molecule has 2 unspecified atom stereocenters. The molecule has 2 saturated heterocycles. The maximum atomic E-state index is 12.4. The third kappa shape index (κ3) is 3.25. The molecule has 2 aliphatic rings. The van der Waals surface area contributed by atoms with Crippen LogP contribution in [0.4, 0.5) is 0 Å². The number of carbonyl (C=O) groups is 2. The van der Waals surface area contributed by atoms with E-state index in [1.165, 1.54) is 0 Å². The Kier molecular flexibility index (Phi) is 4.76. The molecule has 0 radical (unpaired) electrons. The Morgan fingerprint density at radius 3 is 3.00 bits per heavy atom. The van der Waals surface area contributed by atoms with Gasteiger partial charge in [0.05, 0.1) is 12.5 Å². The molecule has 19 heavy (non-hydrogen) atoms. The summed E-state index contributed by atoms with van der Waals surface area (Å²) in [6, 6.07) is 0.274. The maximum absolute atomic E-state index is 12.4. The van der Waals surface area contributed by atoms with Crippen LogP contribution < -0.4 is 5.32 Å². The number of nitrogens with one attached hydrogen (secondary N) is 1. The van der Waals surface area contributed by atoms with E-state index in [-0.39, 0.29) is 23.8 Å². The number of ether oxygens (including phenoxy) is 1. The van der Waals surface area contributed by atoms with Gasteiger partial charge in [-0.3, -0.25) is 9.59 Å². The summed E-state index contributed by atoms with van der Waals surface area (Å²) in [7, 11) is 3.46. The predicted octanol–water partition coefficient (Wildman–Crippen LogP) is -0.698. The largest absolute Gasteiger partial charge is 0.383 e. The van der Waals surface area contributed by atoms with Crippen LogP contribution in [0.2, 0.25) is 0 Å². The first-order chi connectivity index (χ1) is 9.13. The minimum absolute atomic E-state index is 0.0633. The van der Waals surface area contributed by atoms with Crippen molar-refractivity contribution in [3.8, 4) is 0 Å². The van der Waals surface area contributed by atoms with Gasteiger partial charge >= 0.3 is 0 Å². The monoisotopic (exact) mass is 269 g/mol. The number of likely N-dealkylation sites (tertiary alicyclic amines) is 1. The van der Waals surface area contributed by atoms with E-state index in [2.05, 4.69) is 5.32 Å². The summed E-state index contributed by atoms with van der Waals surface area (Å²) >= 11 is 0. The number of amides is 2. The number of hydrogen-bond donors (Lipinski definition) is 1. The van der Waals surface area contributed by atoms with Crippen molar-refractivity contribution in [1.29, 1.82) is 0 Å². The summed E-state index contributed by atoms with van der Waals surface area (Å²) in [5, 5.41) is 3.26. The van der Waals surface area contributed by atoms with Gasteiger partial charge in [-0.25, -0.2) is 0 Å². The molecule has 108 valence electrons. The normalized spacial score (nSPS) is 27.1. The zero-order valence-electron chi connectivity index (χ0n) is 11.7. The standard InChI is InChI=1S/C13H23N3O3/c1-15(11-3-4-14-8-11)13(18)10-7-12(17)16(9-10)5-6-19-2/h10-11,14H,3-9H2,1-2H3. The van der Waals surface area contributed by atoms with E-state index in [1.54, 1.807) is 12.0 Å². The highest BCUT2D eigenvalue weighted by Crippen LogP contribution is 2.21. The van der Waals surface area contributed by atoms with Crippen molar-refractivity contribution in [1.82, 2.24) is 15.1 Å². The predicted molar refractivity (Wildman–Crippen MR) is 70.6 cm³/mol.